The molecule has 118 valence electrons. The van der Waals surface area contributed by atoms with Crippen molar-refractivity contribution in [1.29, 1.82) is 0 Å². The zero-order chi connectivity index (χ0) is 16.5. The molecule has 1 unspecified atom stereocenters. The third-order valence-corrected chi connectivity index (χ3v) is 5.89. The van der Waals surface area contributed by atoms with E-state index in [0.717, 1.165) is 21.2 Å². The van der Waals surface area contributed by atoms with E-state index in [-0.39, 0.29) is 10.9 Å². The summed E-state index contributed by atoms with van der Waals surface area (Å²) in [5.74, 6) is 0. The van der Waals surface area contributed by atoms with E-state index in [1.807, 2.05) is 20.8 Å². The van der Waals surface area contributed by atoms with Gasteiger partial charge in [-0.2, -0.15) is 0 Å². The molecule has 5 heteroatoms. The van der Waals surface area contributed by atoms with Gasteiger partial charge in [0.15, 0.2) is 0 Å². The van der Waals surface area contributed by atoms with E-state index in [1.165, 1.54) is 5.56 Å². The maximum Gasteiger partial charge on any atom is 0.241 e. The zero-order valence-corrected chi connectivity index (χ0v) is 15.5. The second-order valence-corrected chi connectivity index (χ2v) is 8.22. The maximum absolute atomic E-state index is 12.5. The lowest BCUT2D eigenvalue weighted by Crippen LogP contribution is -2.27. The highest BCUT2D eigenvalue weighted by molar-refractivity contribution is 9.10. The van der Waals surface area contributed by atoms with Crippen LogP contribution in [-0.4, -0.2) is 8.42 Å². The molecule has 0 saturated carbocycles. The van der Waals surface area contributed by atoms with Crippen molar-refractivity contribution >= 4 is 26.0 Å². The van der Waals surface area contributed by atoms with Crippen molar-refractivity contribution in [3.8, 4) is 0 Å². The molecule has 0 radical (unpaired) electrons. The first-order chi connectivity index (χ1) is 10.2. The van der Waals surface area contributed by atoms with Crippen molar-refractivity contribution < 1.29 is 8.42 Å². The van der Waals surface area contributed by atoms with Gasteiger partial charge in [0.1, 0.15) is 0 Å². The van der Waals surface area contributed by atoms with Gasteiger partial charge in [0.25, 0.3) is 0 Å². The predicted molar refractivity (Wildman–Crippen MR) is 93.5 cm³/mol. The fourth-order valence-corrected chi connectivity index (χ4v) is 3.91. The molecule has 0 bridgehead atoms. The normalized spacial score (nSPS) is 13.1. The molecule has 3 nitrogen and oxygen atoms in total. The summed E-state index contributed by atoms with van der Waals surface area (Å²) in [6.07, 6.45) is 0. The van der Waals surface area contributed by atoms with Crippen molar-refractivity contribution in [3.63, 3.8) is 0 Å². The monoisotopic (exact) mass is 381 g/mol. The van der Waals surface area contributed by atoms with E-state index in [9.17, 15) is 8.42 Å². The van der Waals surface area contributed by atoms with E-state index < -0.39 is 10.0 Å². The molecule has 22 heavy (non-hydrogen) atoms. The molecule has 0 saturated heterocycles. The Balaban J connectivity index is 2.30. The third-order valence-electron chi connectivity index (χ3n) is 3.80. The van der Waals surface area contributed by atoms with E-state index >= 15 is 0 Å². The van der Waals surface area contributed by atoms with Gasteiger partial charge in [-0.05, 0) is 74.2 Å². The van der Waals surface area contributed by atoms with Gasteiger partial charge in [0.05, 0.1) is 4.90 Å². The van der Waals surface area contributed by atoms with E-state index in [2.05, 4.69) is 39.7 Å². The van der Waals surface area contributed by atoms with Crippen molar-refractivity contribution in [1.82, 2.24) is 4.72 Å². The summed E-state index contributed by atoms with van der Waals surface area (Å²) < 4.78 is 28.5. The van der Waals surface area contributed by atoms with Crippen LogP contribution < -0.4 is 4.72 Å². The van der Waals surface area contributed by atoms with Gasteiger partial charge in [-0.1, -0.05) is 28.1 Å². The number of hydrogen-bond acceptors (Lipinski definition) is 2. The summed E-state index contributed by atoms with van der Waals surface area (Å²) in [5, 5.41) is 0. The minimum atomic E-state index is -3.53. The number of rotatable bonds is 4. The number of benzene rings is 2. The first-order valence-corrected chi connectivity index (χ1v) is 9.34. The molecule has 2 aromatic rings. The zero-order valence-electron chi connectivity index (χ0n) is 13.1. The predicted octanol–water partition coefficient (Wildman–Crippen LogP) is 4.41. The summed E-state index contributed by atoms with van der Waals surface area (Å²) in [6, 6.07) is 10.5. The molecular formula is C17H20BrNO2S. The lowest BCUT2D eigenvalue weighted by molar-refractivity contribution is 0.566. The van der Waals surface area contributed by atoms with Crippen LogP contribution in [-0.2, 0) is 10.0 Å². The Morgan fingerprint density at radius 2 is 1.50 bits per heavy atom. The van der Waals surface area contributed by atoms with Crippen LogP contribution in [0, 0.1) is 20.8 Å². The smallest absolute Gasteiger partial charge is 0.207 e. The van der Waals surface area contributed by atoms with E-state index in [4.69, 9.17) is 0 Å². The quantitative estimate of drug-likeness (QED) is 0.851. The van der Waals surface area contributed by atoms with Crippen LogP contribution in [0.15, 0.2) is 45.8 Å². The molecule has 0 aliphatic heterocycles. The Labute approximate surface area is 140 Å². The molecule has 2 aromatic carbocycles. The minimum absolute atomic E-state index is 0.268. The van der Waals surface area contributed by atoms with Gasteiger partial charge in [0.2, 0.25) is 10.0 Å². The molecule has 0 aliphatic carbocycles. The van der Waals surface area contributed by atoms with E-state index in [1.54, 1.807) is 24.3 Å². The summed E-state index contributed by atoms with van der Waals surface area (Å²) in [6.45, 7) is 7.97. The van der Waals surface area contributed by atoms with Crippen LogP contribution >= 0.6 is 15.9 Å². The molecule has 0 aromatic heterocycles. The second kappa shape index (κ2) is 6.52. The van der Waals surface area contributed by atoms with Gasteiger partial charge in [-0.25, -0.2) is 13.1 Å². The van der Waals surface area contributed by atoms with Crippen molar-refractivity contribution in [2.75, 3.05) is 0 Å². The third kappa shape index (κ3) is 3.77. The standard InChI is InChI=1S/C17H20BrNO2S/c1-11-9-13(3)17(10-12(11)2)14(4)19-22(20,21)16-7-5-15(18)6-8-16/h5-10,14,19H,1-4H3. The number of halogens is 1. The van der Waals surface area contributed by atoms with Crippen LogP contribution in [0.1, 0.15) is 35.2 Å². The Morgan fingerprint density at radius 1 is 0.955 bits per heavy atom. The number of aryl methyl sites for hydroxylation is 3. The highest BCUT2D eigenvalue weighted by Crippen LogP contribution is 2.24. The van der Waals surface area contributed by atoms with Crippen LogP contribution in [0.2, 0.25) is 0 Å². The highest BCUT2D eigenvalue weighted by Gasteiger charge is 2.19. The Hall–Kier alpha value is -1.17. The lowest BCUT2D eigenvalue weighted by atomic mass is 9.97. The Morgan fingerprint density at radius 3 is 2.09 bits per heavy atom. The number of nitrogens with one attached hydrogen (secondary N) is 1. The van der Waals surface area contributed by atoms with Gasteiger partial charge >= 0.3 is 0 Å². The highest BCUT2D eigenvalue weighted by atomic mass is 79.9. The molecule has 1 atom stereocenters. The van der Waals surface area contributed by atoms with Gasteiger partial charge in [-0.15, -0.1) is 0 Å². The molecule has 0 amide bonds. The van der Waals surface area contributed by atoms with Crippen molar-refractivity contribution in [2.45, 2.75) is 38.6 Å². The Bertz CT molecular complexity index is 783. The maximum atomic E-state index is 12.5. The average Bonchev–Trinajstić information content (AvgIpc) is 2.42. The van der Waals surface area contributed by atoms with Crippen molar-refractivity contribution in [3.05, 3.63) is 63.1 Å². The SMILES string of the molecule is Cc1cc(C)c(C(C)NS(=O)(=O)c2ccc(Br)cc2)cc1C. The number of sulfonamides is 1. The molecule has 0 fully saturated rings. The largest absolute Gasteiger partial charge is 0.241 e. The second-order valence-electron chi connectivity index (χ2n) is 5.59. The first-order valence-electron chi connectivity index (χ1n) is 7.06. The van der Waals surface area contributed by atoms with Crippen LogP contribution in [0.3, 0.4) is 0 Å². The molecule has 2 rings (SSSR count). The summed E-state index contributed by atoms with van der Waals surface area (Å²) in [5.41, 5.74) is 4.47. The molecular weight excluding hydrogens is 362 g/mol. The van der Waals surface area contributed by atoms with Crippen molar-refractivity contribution in [2.24, 2.45) is 0 Å². The van der Waals surface area contributed by atoms with Gasteiger partial charge < -0.3 is 0 Å². The summed E-state index contributed by atoms with van der Waals surface area (Å²) in [7, 11) is -3.53. The van der Waals surface area contributed by atoms with Crippen LogP contribution in [0.4, 0.5) is 0 Å². The van der Waals surface area contributed by atoms with Gasteiger partial charge in [0, 0.05) is 10.5 Å². The fourth-order valence-electron chi connectivity index (χ4n) is 2.43. The van der Waals surface area contributed by atoms with Crippen LogP contribution in [0.5, 0.6) is 0 Å². The van der Waals surface area contributed by atoms with Gasteiger partial charge in [-0.3, -0.25) is 0 Å². The first kappa shape index (κ1) is 17.2. The Kier molecular flexibility index (Phi) is 5.10. The number of hydrogen-bond donors (Lipinski definition) is 1. The minimum Gasteiger partial charge on any atom is -0.207 e. The molecule has 1 N–H and O–H groups in total. The molecule has 0 spiro atoms. The average molecular weight is 382 g/mol. The van der Waals surface area contributed by atoms with Crippen LogP contribution in [0.25, 0.3) is 0 Å². The fraction of sp³-hybridized carbons (Fsp3) is 0.294. The van der Waals surface area contributed by atoms with E-state index in [0.29, 0.717) is 0 Å². The molecule has 0 heterocycles. The summed E-state index contributed by atoms with van der Waals surface area (Å²) >= 11 is 3.31. The lowest BCUT2D eigenvalue weighted by Gasteiger charge is -2.18. The summed E-state index contributed by atoms with van der Waals surface area (Å²) in [4.78, 5) is 0.268. The molecule has 0 aliphatic rings. The topological polar surface area (TPSA) is 46.2 Å².